The van der Waals surface area contributed by atoms with E-state index in [0.717, 1.165) is 30.5 Å². The van der Waals surface area contributed by atoms with Gasteiger partial charge in [-0.2, -0.15) is 0 Å². The molecule has 1 saturated heterocycles. The monoisotopic (exact) mass is 282 g/mol. The van der Waals surface area contributed by atoms with Crippen molar-refractivity contribution < 1.29 is 4.79 Å². The molecule has 2 aromatic carbocycles. The van der Waals surface area contributed by atoms with E-state index in [1.54, 1.807) is 0 Å². The Hall–Kier alpha value is -1.87. The first-order valence-corrected chi connectivity index (χ1v) is 7.75. The van der Waals surface area contributed by atoms with Gasteiger partial charge in [0, 0.05) is 11.6 Å². The van der Waals surface area contributed by atoms with E-state index in [1.807, 2.05) is 24.3 Å². The molecule has 2 N–H and O–H groups in total. The first-order valence-electron chi connectivity index (χ1n) is 7.75. The van der Waals surface area contributed by atoms with Crippen molar-refractivity contribution >= 4 is 16.7 Å². The molecule has 3 heteroatoms. The highest BCUT2D eigenvalue weighted by Gasteiger charge is 2.25. The highest BCUT2D eigenvalue weighted by molar-refractivity contribution is 6.00. The second-order valence-corrected chi connectivity index (χ2v) is 5.81. The van der Waals surface area contributed by atoms with E-state index >= 15 is 0 Å². The molecule has 1 amide bonds. The van der Waals surface area contributed by atoms with Gasteiger partial charge in [0.25, 0.3) is 0 Å². The van der Waals surface area contributed by atoms with E-state index in [-0.39, 0.29) is 5.91 Å². The Bertz CT molecular complexity index is 665. The molecule has 2 aromatic rings. The van der Waals surface area contributed by atoms with Crippen molar-refractivity contribution in [2.45, 2.75) is 32.2 Å². The number of nitrogens with two attached hydrogens (primary N) is 1. The van der Waals surface area contributed by atoms with Crippen LogP contribution < -0.4 is 5.73 Å². The molecule has 1 fully saturated rings. The second-order valence-electron chi connectivity index (χ2n) is 5.81. The minimum Gasteiger partial charge on any atom is -0.366 e. The van der Waals surface area contributed by atoms with Crippen molar-refractivity contribution in [3.05, 3.63) is 47.5 Å². The van der Waals surface area contributed by atoms with Crippen LogP contribution in [0.4, 0.5) is 0 Å². The number of fused-ring (bicyclic) bond motifs is 1. The predicted molar refractivity (Wildman–Crippen MR) is 86.4 cm³/mol. The maximum absolute atomic E-state index is 11.8. The van der Waals surface area contributed by atoms with Crippen LogP contribution in [0.2, 0.25) is 0 Å². The molecule has 3 rings (SSSR count). The fraction of sp³-hybridized carbons (Fsp3) is 0.389. The average molecular weight is 282 g/mol. The van der Waals surface area contributed by atoms with Crippen molar-refractivity contribution in [1.82, 2.24) is 4.90 Å². The molecule has 0 aliphatic carbocycles. The third kappa shape index (κ3) is 2.66. The summed E-state index contributed by atoms with van der Waals surface area (Å²) in [5, 5.41) is 2.34. The molecular formula is C18H22N2O. The van der Waals surface area contributed by atoms with Crippen molar-refractivity contribution in [2.75, 3.05) is 13.1 Å². The highest BCUT2D eigenvalue weighted by Crippen LogP contribution is 2.28. The third-order valence-electron chi connectivity index (χ3n) is 4.65. The SMILES string of the molecule is CCN1CCCC1Cc1c(C(N)=O)ccc2ccccc12. The largest absolute Gasteiger partial charge is 0.366 e. The van der Waals surface area contributed by atoms with E-state index in [4.69, 9.17) is 5.73 Å². The van der Waals surface area contributed by atoms with Gasteiger partial charge < -0.3 is 10.6 Å². The minimum atomic E-state index is -0.322. The number of primary amides is 1. The molecule has 0 bridgehead atoms. The molecule has 0 saturated carbocycles. The summed E-state index contributed by atoms with van der Waals surface area (Å²) in [6.07, 6.45) is 3.36. The summed E-state index contributed by atoms with van der Waals surface area (Å²) in [5.41, 5.74) is 7.39. The number of rotatable bonds is 4. The molecule has 110 valence electrons. The van der Waals surface area contributed by atoms with Crippen LogP contribution in [0.5, 0.6) is 0 Å². The first kappa shape index (κ1) is 14.1. The van der Waals surface area contributed by atoms with Crippen LogP contribution in [0.3, 0.4) is 0 Å². The smallest absolute Gasteiger partial charge is 0.248 e. The lowest BCUT2D eigenvalue weighted by Crippen LogP contribution is -2.31. The number of likely N-dealkylation sites (N-methyl/N-ethyl adjacent to an activating group) is 1. The lowest BCUT2D eigenvalue weighted by Gasteiger charge is -2.24. The summed E-state index contributed by atoms with van der Waals surface area (Å²) < 4.78 is 0. The number of hydrogen-bond donors (Lipinski definition) is 1. The Morgan fingerprint density at radius 1 is 1.29 bits per heavy atom. The predicted octanol–water partition coefficient (Wildman–Crippen LogP) is 2.97. The standard InChI is InChI=1S/C18H22N2O/c1-2-20-11-5-7-14(20)12-17-15-8-4-3-6-13(15)9-10-16(17)18(19)21/h3-4,6,8-10,14H,2,5,7,11-12H2,1H3,(H2,19,21). The summed E-state index contributed by atoms with van der Waals surface area (Å²) in [5.74, 6) is -0.322. The number of nitrogens with zero attached hydrogens (tertiary/aromatic N) is 1. The van der Waals surface area contributed by atoms with Gasteiger partial charge in [-0.3, -0.25) is 4.79 Å². The second kappa shape index (κ2) is 5.86. The minimum absolute atomic E-state index is 0.322. The van der Waals surface area contributed by atoms with Crippen molar-refractivity contribution in [2.24, 2.45) is 5.73 Å². The van der Waals surface area contributed by atoms with Gasteiger partial charge in [0.2, 0.25) is 5.91 Å². The summed E-state index contributed by atoms with van der Waals surface area (Å²) in [6.45, 7) is 4.44. The van der Waals surface area contributed by atoms with Crippen LogP contribution in [0.25, 0.3) is 10.8 Å². The molecule has 1 aliphatic heterocycles. The fourth-order valence-electron chi connectivity index (χ4n) is 3.56. The number of amides is 1. The van der Waals surface area contributed by atoms with E-state index in [9.17, 15) is 4.79 Å². The molecular weight excluding hydrogens is 260 g/mol. The number of benzene rings is 2. The first-order chi connectivity index (χ1) is 10.2. The van der Waals surface area contributed by atoms with Crippen LogP contribution in [-0.4, -0.2) is 29.9 Å². The maximum atomic E-state index is 11.8. The Morgan fingerprint density at radius 2 is 2.10 bits per heavy atom. The van der Waals surface area contributed by atoms with Crippen LogP contribution in [-0.2, 0) is 6.42 Å². The summed E-state index contributed by atoms with van der Waals surface area (Å²) in [7, 11) is 0. The van der Waals surface area contributed by atoms with E-state index in [2.05, 4.69) is 24.0 Å². The van der Waals surface area contributed by atoms with E-state index < -0.39 is 0 Å². The summed E-state index contributed by atoms with van der Waals surface area (Å²) in [6, 6.07) is 12.7. The van der Waals surface area contributed by atoms with Crippen LogP contribution >= 0.6 is 0 Å². The fourth-order valence-corrected chi connectivity index (χ4v) is 3.56. The van der Waals surface area contributed by atoms with Crippen molar-refractivity contribution in [1.29, 1.82) is 0 Å². The van der Waals surface area contributed by atoms with Gasteiger partial charge in [0.1, 0.15) is 0 Å². The van der Waals surface area contributed by atoms with E-state index in [1.165, 1.54) is 18.2 Å². The zero-order valence-corrected chi connectivity index (χ0v) is 12.5. The Morgan fingerprint density at radius 3 is 2.86 bits per heavy atom. The Kier molecular flexibility index (Phi) is 3.93. The lowest BCUT2D eigenvalue weighted by molar-refractivity contribution is 0.0999. The van der Waals surface area contributed by atoms with Crippen molar-refractivity contribution in [3.8, 4) is 0 Å². The van der Waals surface area contributed by atoms with Gasteiger partial charge in [0.15, 0.2) is 0 Å². The lowest BCUT2D eigenvalue weighted by atomic mass is 9.92. The number of likely N-dealkylation sites (tertiary alicyclic amines) is 1. The Balaban J connectivity index is 2.06. The number of carbonyl (C=O) groups is 1. The van der Waals surface area contributed by atoms with Crippen LogP contribution in [0.1, 0.15) is 35.7 Å². The zero-order valence-electron chi connectivity index (χ0n) is 12.5. The molecule has 1 heterocycles. The number of hydrogen-bond acceptors (Lipinski definition) is 2. The van der Waals surface area contributed by atoms with Crippen LogP contribution in [0, 0.1) is 0 Å². The average Bonchev–Trinajstić information content (AvgIpc) is 2.94. The molecule has 1 aliphatic rings. The molecule has 3 nitrogen and oxygen atoms in total. The van der Waals surface area contributed by atoms with Gasteiger partial charge >= 0.3 is 0 Å². The molecule has 0 spiro atoms. The van der Waals surface area contributed by atoms with Crippen LogP contribution in [0.15, 0.2) is 36.4 Å². The van der Waals surface area contributed by atoms with Gasteiger partial charge in [-0.25, -0.2) is 0 Å². The maximum Gasteiger partial charge on any atom is 0.248 e. The van der Waals surface area contributed by atoms with Gasteiger partial charge in [-0.05, 0) is 54.8 Å². The quantitative estimate of drug-likeness (QED) is 0.937. The molecule has 0 radical (unpaired) electrons. The molecule has 1 atom stereocenters. The molecule has 1 unspecified atom stereocenters. The molecule has 0 aromatic heterocycles. The van der Waals surface area contributed by atoms with Gasteiger partial charge in [-0.1, -0.05) is 37.3 Å². The molecule has 21 heavy (non-hydrogen) atoms. The summed E-state index contributed by atoms with van der Waals surface area (Å²) >= 11 is 0. The summed E-state index contributed by atoms with van der Waals surface area (Å²) in [4.78, 5) is 14.3. The van der Waals surface area contributed by atoms with Gasteiger partial charge in [0.05, 0.1) is 0 Å². The highest BCUT2D eigenvalue weighted by atomic mass is 16.1. The normalized spacial score (nSPS) is 19.2. The van der Waals surface area contributed by atoms with Gasteiger partial charge in [-0.15, -0.1) is 0 Å². The third-order valence-corrected chi connectivity index (χ3v) is 4.65. The number of carbonyl (C=O) groups excluding carboxylic acids is 1. The Labute approximate surface area is 125 Å². The van der Waals surface area contributed by atoms with E-state index in [0.29, 0.717) is 11.6 Å². The van der Waals surface area contributed by atoms with Crippen molar-refractivity contribution in [3.63, 3.8) is 0 Å². The zero-order chi connectivity index (χ0) is 14.8. The topological polar surface area (TPSA) is 46.3 Å².